The van der Waals surface area contributed by atoms with Gasteiger partial charge in [0.25, 0.3) is 10.1 Å². The van der Waals surface area contributed by atoms with Gasteiger partial charge in [0.05, 0.1) is 11.5 Å². The molecular formula is C12H18O4S. The van der Waals surface area contributed by atoms with Gasteiger partial charge in [-0.1, -0.05) is 13.8 Å². The maximum Gasteiger partial charge on any atom is 0.294 e. The van der Waals surface area contributed by atoms with Gasteiger partial charge in [-0.15, -0.1) is 0 Å². The highest BCUT2D eigenvalue weighted by atomic mass is 32.2. The van der Waals surface area contributed by atoms with Crippen LogP contribution in [-0.2, 0) is 16.5 Å². The Labute approximate surface area is 102 Å². The van der Waals surface area contributed by atoms with E-state index in [1.165, 1.54) is 12.1 Å². The zero-order valence-corrected chi connectivity index (χ0v) is 11.2. The first-order valence-electron chi connectivity index (χ1n) is 5.64. The lowest BCUT2D eigenvalue weighted by molar-refractivity contribution is 0.314. The summed E-state index contributed by atoms with van der Waals surface area (Å²) in [7, 11) is -4.18. The largest absolute Gasteiger partial charge is 0.493 e. The van der Waals surface area contributed by atoms with Crippen LogP contribution in [0.4, 0.5) is 0 Å². The van der Waals surface area contributed by atoms with Gasteiger partial charge in [0, 0.05) is 6.07 Å². The highest BCUT2D eigenvalue weighted by Crippen LogP contribution is 2.27. The molecule has 0 radical (unpaired) electrons. The van der Waals surface area contributed by atoms with Gasteiger partial charge in [0.1, 0.15) is 5.75 Å². The molecule has 0 bridgehead atoms. The number of hydrogen-bond donors (Lipinski definition) is 1. The second-order valence-corrected chi connectivity index (χ2v) is 5.30. The Morgan fingerprint density at radius 2 is 1.94 bits per heavy atom. The summed E-state index contributed by atoms with van der Waals surface area (Å²) >= 11 is 0. The summed E-state index contributed by atoms with van der Waals surface area (Å²) in [6.45, 7) is 6.32. The van der Waals surface area contributed by atoms with E-state index in [0.29, 0.717) is 18.8 Å². The summed E-state index contributed by atoms with van der Waals surface area (Å²) in [5, 5.41) is 0. The quantitative estimate of drug-likeness (QED) is 0.824. The molecule has 0 heterocycles. The first kappa shape index (κ1) is 14.0. The third-order valence-corrected chi connectivity index (χ3v) is 3.41. The van der Waals surface area contributed by atoms with E-state index in [4.69, 9.17) is 9.29 Å². The topological polar surface area (TPSA) is 63.6 Å². The summed E-state index contributed by atoms with van der Waals surface area (Å²) < 4.78 is 36.8. The van der Waals surface area contributed by atoms with Gasteiger partial charge in [-0.05, 0) is 37.0 Å². The predicted molar refractivity (Wildman–Crippen MR) is 66.2 cm³/mol. The van der Waals surface area contributed by atoms with E-state index in [9.17, 15) is 8.42 Å². The Bertz CT molecular complexity index is 491. The van der Waals surface area contributed by atoms with Crippen molar-refractivity contribution >= 4 is 10.1 Å². The van der Waals surface area contributed by atoms with Crippen molar-refractivity contribution in [3.8, 4) is 5.75 Å². The smallest absolute Gasteiger partial charge is 0.294 e. The number of aryl methyl sites for hydroxylation is 1. The lowest BCUT2D eigenvalue weighted by Gasteiger charge is -2.13. The normalized spacial score (nSPS) is 11.5. The van der Waals surface area contributed by atoms with Crippen molar-refractivity contribution in [2.45, 2.75) is 38.5 Å². The second kappa shape index (κ2) is 5.51. The molecule has 0 aliphatic carbocycles. The third kappa shape index (κ3) is 3.44. The molecule has 0 saturated heterocycles. The van der Waals surface area contributed by atoms with E-state index in [-0.39, 0.29) is 4.90 Å². The van der Waals surface area contributed by atoms with E-state index in [2.05, 4.69) is 0 Å². The first-order chi connectivity index (χ1) is 7.90. The zero-order chi connectivity index (χ0) is 13.1. The summed E-state index contributed by atoms with van der Waals surface area (Å²) in [6.07, 6.45) is 1.54. The molecule has 0 unspecified atom stereocenters. The van der Waals surface area contributed by atoms with Crippen LogP contribution in [-0.4, -0.2) is 19.6 Å². The summed E-state index contributed by atoms with van der Waals surface area (Å²) in [4.78, 5) is -0.106. The van der Waals surface area contributed by atoms with Crippen LogP contribution in [0.2, 0.25) is 0 Å². The molecular weight excluding hydrogens is 240 g/mol. The summed E-state index contributed by atoms with van der Waals surface area (Å²) in [5.41, 5.74) is 1.79. The number of benzene rings is 1. The van der Waals surface area contributed by atoms with Gasteiger partial charge in [-0.2, -0.15) is 8.42 Å². The SMILES string of the molecule is CCCOc1cc(S(=O)(=O)O)cc(CC)c1C. The molecule has 0 aliphatic rings. The molecule has 96 valence electrons. The Kier molecular flexibility index (Phi) is 4.54. The fourth-order valence-corrected chi connectivity index (χ4v) is 2.14. The molecule has 4 nitrogen and oxygen atoms in total. The highest BCUT2D eigenvalue weighted by Gasteiger charge is 2.15. The monoisotopic (exact) mass is 258 g/mol. The van der Waals surface area contributed by atoms with Crippen LogP contribution in [0.25, 0.3) is 0 Å². The minimum Gasteiger partial charge on any atom is -0.493 e. The van der Waals surface area contributed by atoms with Crippen LogP contribution in [0.1, 0.15) is 31.4 Å². The molecule has 0 aliphatic heterocycles. The van der Waals surface area contributed by atoms with Gasteiger partial charge in [-0.25, -0.2) is 0 Å². The van der Waals surface area contributed by atoms with Gasteiger partial charge < -0.3 is 4.74 Å². The van der Waals surface area contributed by atoms with Crippen molar-refractivity contribution in [3.05, 3.63) is 23.3 Å². The molecule has 0 spiro atoms. The van der Waals surface area contributed by atoms with Gasteiger partial charge in [-0.3, -0.25) is 4.55 Å². The van der Waals surface area contributed by atoms with E-state index in [0.717, 1.165) is 17.5 Å². The van der Waals surface area contributed by atoms with Crippen molar-refractivity contribution in [1.29, 1.82) is 0 Å². The predicted octanol–water partition coefficient (Wildman–Crippen LogP) is 2.59. The molecule has 0 fully saturated rings. The van der Waals surface area contributed by atoms with Gasteiger partial charge in [0.2, 0.25) is 0 Å². The minimum absolute atomic E-state index is 0.106. The first-order valence-corrected chi connectivity index (χ1v) is 7.08. The number of ether oxygens (including phenoxy) is 1. The average molecular weight is 258 g/mol. The van der Waals surface area contributed by atoms with Gasteiger partial charge in [0.15, 0.2) is 0 Å². The third-order valence-electron chi connectivity index (χ3n) is 2.58. The van der Waals surface area contributed by atoms with Crippen LogP contribution in [0.3, 0.4) is 0 Å². The van der Waals surface area contributed by atoms with Crippen molar-refractivity contribution in [2.75, 3.05) is 6.61 Å². The molecule has 1 aromatic rings. The fraction of sp³-hybridized carbons (Fsp3) is 0.500. The van der Waals surface area contributed by atoms with E-state index in [1.54, 1.807) is 0 Å². The molecule has 0 atom stereocenters. The Hall–Kier alpha value is -1.07. The van der Waals surface area contributed by atoms with Crippen molar-refractivity contribution in [1.82, 2.24) is 0 Å². The van der Waals surface area contributed by atoms with Crippen molar-refractivity contribution in [3.63, 3.8) is 0 Å². The maximum atomic E-state index is 11.1. The molecule has 1 N–H and O–H groups in total. The molecule has 0 amide bonds. The number of hydrogen-bond acceptors (Lipinski definition) is 3. The highest BCUT2D eigenvalue weighted by molar-refractivity contribution is 7.85. The van der Waals surface area contributed by atoms with E-state index >= 15 is 0 Å². The maximum absolute atomic E-state index is 11.1. The molecule has 5 heteroatoms. The molecule has 0 saturated carbocycles. The van der Waals surface area contributed by atoms with Crippen LogP contribution in [0.5, 0.6) is 5.75 Å². The molecule has 0 aromatic heterocycles. The minimum atomic E-state index is -4.18. The average Bonchev–Trinajstić information content (AvgIpc) is 2.26. The van der Waals surface area contributed by atoms with Gasteiger partial charge >= 0.3 is 0 Å². The lowest BCUT2D eigenvalue weighted by atomic mass is 10.1. The zero-order valence-electron chi connectivity index (χ0n) is 10.4. The Morgan fingerprint density at radius 3 is 2.41 bits per heavy atom. The summed E-state index contributed by atoms with van der Waals surface area (Å²) in [6, 6.07) is 2.86. The molecule has 17 heavy (non-hydrogen) atoms. The molecule has 1 rings (SSSR count). The van der Waals surface area contributed by atoms with Crippen molar-refractivity contribution in [2.24, 2.45) is 0 Å². The lowest BCUT2D eigenvalue weighted by Crippen LogP contribution is -2.04. The van der Waals surface area contributed by atoms with Crippen molar-refractivity contribution < 1.29 is 17.7 Å². The Balaban J connectivity index is 3.28. The summed E-state index contributed by atoms with van der Waals surface area (Å²) in [5.74, 6) is 0.527. The fourth-order valence-electron chi connectivity index (χ4n) is 1.60. The van der Waals surface area contributed by atoms with Crippen LogP contribution < -0.4 is 4.74 Å². The van der Waals surface area contributed by atoms with Crippen LogP contribution in [0, 0.1) is 6.92 Å². The van der Waals surface area contributed by atoms with E-state index < -0.39 is 10.1 Å². The van der Waals surface area contributed by atoms with E-state index in [1.807, 2.05) is 20.8 Å². The molecule has 1 aromatic carbocycles. The number of rotatable bonds is 5. The standard InChI is InChI=1S/C12H18O4S/c1-4-6-16-12-8-11(17(13,14)15)7-10(5-2)9(12)3/h7-8H,4-6H2,1-3H3,(H,13,14,15). The second-order valence-electron chi connectivity index (χ2n) is 3.88. The van der Waals surface area contributed by atoms with Crippen LogP contribution in [0.15, 0.2) is 17.0 Å². The van der Waals surface area contributed by atoms with Crippen LogP contribution >= 0.6 is 0 Å². The Morgan fingerprint density at radius 1 is 1.29 bits per heavy atom.